The number of pyridine rings is 1. The molecule has 9 rings (SSSR count). The lowest BCUT2D eigenvalue weighted by atomic mass is 9.93. The molecule has 21 heteroatoms. The van der Waals surface area contributed by atoms with Crippen molar-refractivity contribution in [3.63, 3.8) is 0 Å². The van der Waals surface area contributed by atoms with Gasteiger partial charge in [0.15, 0.2) is 16.6 Å². The minimum atomic E-state index is -3.74. The molecule has 62 heavy (non-hydrogen) atoms. The second-order valence-electron chi connectivity index (χ2n) is 16.4. The van der Waals surface area contributed by atoms with E-state index >= 15 is 8.78 Å². The monoisotopic (exact) mass is 897 g/mol. The summed E-state index contributed by atoms with van der Waals surface area (Å²) >= 11 is 1.20. The molecule has 3 aliphatic rings. The van der Waals surface area contributed by atoms with Crippen molar-refractivity contribution in [3.8, 4) is 23.0 Å². The molecule has 6 aromatic rings. The molecular formula is C41H37F6N9O4S2. The van der Waals surface area contributed by atoms with Gasteiger partial charge in [-0.15, -0.1) is 5.92 Å². The standard InChI is InChI=1S/C41H37F6N9O4S2/c1-40(2,58)18-48-39-51-38-29(61-39)16-26(23-6-4-8-25-34(23)55(3)53-37(25)54-62(59,60)22-10-11-22)32(50-38)28(14-19-12-20(42)15-21(43)13-19)49-30(57)17-56-35-31(33(52-56)36(44)45)24-7-5-9-27(24)41(35,46)47/h4,6,8,12-13,15-16,22,24,27-28,36,58H,9-11,14,17-18H2,1-3H3,(H,49,57)(H,53,54)(H,48,50,51)/t24-,27+,28-/m0/s1. The van der Waals surface area contributed by atoms with Gasteiger partial charge in [-0.25, -0.2) is 35.9 Å². The van der Waals surface area contributed by atoms with Gasteiger partial charge in [0.2, 0.25) is 15.9 Å². The minimum Gasteiger partial charge on any atom is -0.389 e. The van der Waals surface area contributed by atoms with Crippen LogP contribution in [-0.4, -0.2) is 66.4 Å². The molecule has 0 bridgehead atoms. The highest BCUT2D eigenvalue weighted by Crippen LogP contribution is 2.57. The van der Waals surface area contributed by atoms with Crippen LogP contribution in [0.5, 0.6) is 0 Å². The third kappa shape index (κ3) is 7.61. The number of thiazole rings is 1. The van der Waals surface area contributed by atoms with Gasteiger partial charge in [0.1, 0.15) is 29.6 Å². The van der Waals surface area contributed by atoms with Crippen LogP contribution in [0.4, 0.5) is 37.3 Å². The molecule has 4 aromatic heterocycles. The molecule has 1 amide bonds. The van der Waals surface area contributed by atoms with Crippen LogP contribution >= 0.6 is 11.3 Å². The highest BCUT2D eigenvalue weighted by atomic mass is 32.2. The van der Waals surface area contributed by atoms with Gasteiger partial charge in [0, 0.05) is 48.2 Å². The molecule has 0 spiro atoms. The molecule has 0 unspecified atom stereocenters. The minimum absolute atomic E-state index is 0.0693. The smallest absolute Gasteiger partial charge is 0.294 e. The van der Waals surface area contributed by atoms with E-state index in [-0.39, 0.29) is 42.1 Å². The average Bonchev–Trinajstić information content (AvgIpc) is 3.43. The Kier molecular flexibility index (Phi) is 10.1. The maximum absolute atomic E-state index is 15.9. The Bertz CT molecular complexity index is 2960. The maximum Gasteiger partial charge on any atom is 0.294 e. The van der Waals surface area contributed by atoms with Crippen molar-refractivity contribution in [2.45, 2.75) is 81.2 Å². The summed E-state index contributed by atoms with van der Waals surface area (Å²) in [5.41, 5.74) is -1.65. The van der Waals surface area contributed by atoms with E-state index in [2.05, 4.69) is 42.4 Å². The van der Waals surface area contributed by atoms with Crippen LogP contribution in [0.15, 0.2) is 42.5 Å². The molecule has 1 fully saturated rings. The predicted molar refractivity (Wildman–Crippen MR) is 218 cm³/mol. The topological polar surface area (TPSA) is 169 Å². The molecule has 0 radical (unpaired) electrons. The van der Waals surface area contributed by atoms with Crippen molar-refractivity contribution in [2.75, 3.05) is 16.6 Å². The number of aromatic nitrogens is 6. The summed E-state index contributed by atoms with van der Waals surface area (Å²) in [5, 5.41) is 24.8. The van der Waals surface area contributed by atoms with Crippen LogP contribution in [0.3, 0.4) is 0 Å². The van der Waals surface area contributed by atoms with E-state index in [1.54, 1.807) is 45.2 Å². The number of nitrogens with zero attached hydrogens (tertiary/aromatic N) is 6. The number of halogens is 6. The Hall–Kier alpha value is -5.72. The summed E-state index contributed by atoms with van der Waals surface area (Å²) in [7, 11) is -2.13. The Morgan fingerprint density at radius 2 is 1.81 bits per heavy atom. The van der Waals surface area contributed by atoms with E-state index in [4.69, 9.17) is 4.98 Å². The van der Waals surface area contributed by atoms with Gasteiger partial charge in [-0.3, -0.25) is 18.9 Å². The predicted octanol–water partition coefficient (Wildman–Crippen LogP) is 7.06. The number of hydrogen-bond acceptors (Lipinski definition) is 10. The highest BCUT2D eigenvalue weighted by molar-refractivity contribution is 7.93. The van der Waals surface area contributed by atoms with Gasteiger partial charge in [0.25, 0.3) is 12.3 Å². The van der Waals surface area contributed by atoms with E-state index in [1.807, 2.05) is 0 Å². The van der Waals surface area contributed by atoms with Crippen molar-refractivity contribution < 1.29 is 44.7 Å². The van der Waals surface area contributed by atoms with Crippen molar-refractivity contribution >= 4 is 59.5 Å². The first-order valence-corrected chi connectivity index (χ1v) is 21.9. The van der Waals surface area contributed by atoms with Crippen LogP contribution < -0.4 is 15.4 Å². The van der Waals surface area contributed by atoms with Crippen LogP contribution in [0.1, 0.15) is 79.7 Å². The lowest BCUT2D eigenvalue weighted by molar-refractivity contribution is -0.123. The third-order valence-corrected chi connectivity index (χ3v) is 13.8. The quantitative estimate of drug-likeness (QED) is 0.0661. The number of carbonyl (C=O) groups excluding carboxylic acids is 1. The van der Waals surface area contributed by atoms with Crippen LogP contribution in [0, 0.1) is 29.4 Å². The van der Waals surface area contributed by atoms with Gasteiger partial charge >= 0.3 is 0 Å². The number of alkyl halides is 4. The van der Waals surface area contributed by atoms with Gasteiger partial charge < -0.3 is 15.7 Å². The van der Waals surface area contributed by atoms with Gasteiger partial charge in [-0.2, -0.15) is 19.0 Å². The zero-order chi connectivity index (χ0) is 44.0. The molecular weight excluding hydrogens is 861 g/mol. The van der Waals surface area contributed by atoms with Gasteiger partial charge in [-0.1, -0.05) is 29.4 Å². The summed E-state index contributed by atoms with van der Waals surface area (Å²) in [5.74, 6) is -3.77. The SMILES string of the molecule is Cn1nc(NS(=O)(=O)C2CC2)c2cccc(-c3cc4sc(NCC(C)(C)O)nc4nc3[C@H](Cc3cc(F)cc(F)c3)NC(=O)Cn3nc(C(F)F)c4c3C(F)(F)[C@@H]3CC#C[C@H]43)c21. The first kappa shape index (κ1) is 41.6. The lowest BCUT2D eigenvalue weighted by Crippen LogP contribution is -2.35. The molecule has 2 aromatic carbocycles. The second-order valence-corrected chi connectivity index (χ2v) is 19.4. The molecule has 0 aliphatic heterocycles. The van der Waals surface area contributed by atoms with Gasteiger partial charge in [-0.05, 0) is 62.9 Å². The fourth-order valence-corrected chi connectivity index (χ4v) is 10.4. The molecule has 1 saturated carbocycles. The molecule has 324 valence electrons. The number of nitrogens with one attached hydrogen (secondary N) is 3. The summed E-state index contributed by atoms with van der Waals surface area (Å²) in [6.45, 7) is 2.38. The van der Waals surface area contributed by atoms with Crippen LogP contribution in [0.2, 0.25) is 0 Å². The molecule has 3 atom stereocenters. The largest absolute Gasteiger partial charge is 0.389 e. The second kappa shape index (κ2) is 15.0. The number of sulfonamides is 1. The van der Waals surface area contributed by atoms with Crippen molar-refractivity contribution in [1.29, 1.82) is 0 Å². The van der Waals surface area contributed by atoms with Gasteiger partial charge in [0.05, 0.1) is 44.6 Å². The number of para-hydroxylation sites is 1. The first-order chi connectivity index (χ1) is 29.3. The number of fused-ring (bicyclic) bond motifs is 5. The molecule has 4 N–H and O–H groups in total. The van der Waals surface area contributed by atoms with Crippen LogP contribution in [-0.2, 0) is 40.8 Å². The summed E-state index contributed by atoms with van der Waals surface area (Å²) < 4.78 is 121. The zero-order valence-electron chi connectivity index (χ0n) is 33.1. The van der Waals surface area contributed by atoms with E-state index in [9.17, 15) is 35.9 Å². The van der Waals surface area contributed by atoms with Crippen LogP contribution in [0.25, 0.3) is 32.4 Å². The van der Waals surface area contributed by atoms with E-state index in [0.29, 0.717) is 55.5 Å². The van der Waals surface area contributed by atoms with Crippen molar-refractivity contribution in [1.82, 2.24) is 34.8 Å². The fourth-order valence-electron chi connectivity index (χ4n) is 8.22. The number of amides is 1. The number of aliphatic hydroxyl groups is 1. The third-order valence-electron chi connectivity index (χ3n) is 11.1. The number of aryl methyl sites for hydroxylation is 1. The number of hydrogen-bond donors (Lipinski definition) is 4. The summed E-state index contributed by atoms with van der Waals surface area (Å²) in [6, 6.07) is 8.26. The average molecular weight is 898 g/mol. The number of anilines is 2. The number of carbonyl (C=O) groups is 1. The zero-order valence-corrected chi connectivity index (χ0v) is 34.7. The fraction of sp³-hybridized carbons (Fsp3) is 0.390. The first-order valence-electron chi connectivity index (χ1n) is 19.5. The maximum atomic E-state index is 15.9. The van der Waals surface area contributed by atoms with E-state index in [1.165, 1.54) is 16.0 Å². The highest BCUT2D eigenvalue weighted by Gasteiger charge is 2.59. The molecule has 3 aliphatic carbocycles. The van der Waals surface area contributed by atoms with E-state index in [0.717, 1.165) is 12.1 Å². The molecule has 4 heterocycles. The lowest BCUT2D eigenvalue weighted by Gasteiger charge is -2.23. The number of benzene rings is 2. The summed E-state index contributed by atoms with van der Waals surface area (Å²) in [6.07, 6.45) is -2.76. The number of rotatable bonds is 14. The van der Waals surface area contributed by atoms with E-state index < -0.39 is 92.1 Å². The normalized spacial score (nSPS) is 18.5. The molecule has 0 saturated heterocycles. The molecule has 13 nitrogen and oxygen atoms in total. The Morgan fingerprint density at radius 1 is 1.06 bits per heavy atom. The Labute approximate surface area is 354 Å². The van der Waals surface area contributed by atoms with Crippen molar-refractivity contribution in [3.05, 3.63) is 82.3 Å². The summed E-state index contributed by atoms with van der Waals surface area (Å²) in [4.78, 5) is 23.7. The Balaban J connectivity index is 1.18. The Morgan fingerprint density at radius 3 is 2.50 bits per heavy atom. The van der Waals surface area contributed by atoms with Crippen molar-refractivity contribution in [2.24, 2.45) is 13.0 Å².